The zero-order valence-electron chi connectivity index (χ0n) is 16.3. The second-order valence-corrected chi connectivity index (χ2v) is 9.46. The molecule has 2 aromatic carbocycles. The molecule has 5 heteroatoms. The van der Waals surface area contributed by atoms with Gasteiger partial charge in [0.1, 0.15) is 0 Å². The van der Waals surface area contributed by atoms with Crippen LogP contribution in [0.5, 0.6) is 0 Å². The number of fused-ring (bicyclic) bond motifs is 1. The first-order valence-electron chi connectivity index (χ1n) is 9.67. The second-order valence-electron chi connectivity index (χ2n) is 7.60. The number of sulfonamides is 1. The van der Waals surface area contributed by atoms with Gasteiger partial charge in [0.15, 0.2) is 0 Å². The van der Waals surface area contributed by atoms with E-state index in [0.29, 0.717) is 18.0 Å². The Morgan fingerprint density at radius 2 is 1.88 bits per heavy atom. The van der Waals surface area contributed by atoms with E-state index in [1.165, 1.54) is 5.56 Å². The highest BCUT2D eigenvalue weighted by atomic mass is 32.2. The van der Waals surface area contributed by atoms with E-state index in [1.54, 1.807) is 16.4 Å². The Hall–Kier alpha value is -1.69. The molecule has 138 valence electrons. The summed E-state index contributed by atoms with van der Waals surface area (Å²) in [6.07, 6.45) is 0.433. The summed E-state index contributed by atoms with van der Waals surface area (Å²) in [5.41, 5.74) is 1.64. The molecule has 3 atom stereocenters. The summed E-state index contributed by atoms with van der Waals surface area (Å²) < 4.78 is 36.7. The number of piperidine rings is 1. The van der Waals surface area contributed by atoms with Crippen molar-refractivity contribution < 1.29 is 9.79 Å². The van der Waals surface area contributed by atoms with Crippen LogP contribution in [0.3, 0.4) is 0 Å². The standard InChI is InChI=1S/C21H26N2O2S/c1-17-8-10-20(11-9-17)26(24,25)23-13-12-19-14-21(19,23)16-22(2)15-18-6-4-3-5-7-18/h3-11,19H,12-16H2,1-2H3/t19-,21-/m0/s1/i14D/t14-,19-,21-. The monoisotopic (exact) mass is 371 g/mol. The summed E-state index contributed by atoms with van der Waals surface area (Å²) in [5.74, 6) is 0.135. The van der Waals surface area contributed by atoms with Crippen molar-refractivity contribution in [1.29, 1.82) is 0 Å². The zero-order chi connectivity index (χ0) is 19.2. The molecule has 1 aliphatic carbocycles. The number of hydrogen-bond acceptors (Lipinski definition) is 3. The van der Waals surface area contributed by atoms with Gasteiger partial charge in [-0.2, -0.15) is 4.31 Å². The molecule has 2 aromatic rings. The average Bonchev–Trinajstić information content (AvgIpc) is 3.00. The van der Waals surface area contributed by atoms with Crippen LogP contribution in [0.25, 0.3) is 0 Å². The molecule has 1 saturated carbocycles. The summed E-state index contributed by atoms with van der Waals surface area (Å²) in [7, 11) is -1.57. The van der Waals surface area contributed by atoms with E-state index in [4.69, 9.17) is 1.37 Å². The second kappa shape index (κ2) is 6.48. The fourth-order valence-corrected chi connectivity index (χ4v) is 5.96. The van der Waals surface area contributed by atoms with Gasteiger partial charge in [0.2, 0.25) is 10.0 Å². The summed E-state index contributed by atoms with van der Waals surface area (Å²) in [4.78, 5) is 2.48. The topological polar surface area (TPSA) is 40.6 Å². The van der Waals surface area contributed by atoms with Crippen LogP contribution in [0.15, 0.2) is 59.5 Å². The molecule has 0 amide bonds. The average molecular weight is 372 g/mol. The molecule has 0 N–H and O–H groups in total. The number of likely N-dealkylation sites (N-methyl/N-ethyl adjacent to an activating group) is 1. The number of benzene rings is 2. The Labute approximate surface area is 157 Å². The van der Waals surface area contributed by atoms with Crippen molar-refractivity contribution in [2.24, 2.45) is 5.92 Å². The summed E-state index contributed by atoms with van der Waals surface area (Å²) >= 11 is 0. The van der Waals surface area contributed by atoms with Crippen molar-refractivity contribution in [1.82, 2.24) is 9.21 Å². The predicted molar refractivity (Wildman–Crippen MR) is 103 cm³/mol. The lowest BCUT2D eigenvalue weighted by Gasteiger charge is -2.31. The normalized spacial score (nSPS) is 28.8. The molecule has 0 radical (unpaired) electrons. The van der Waals surface area contributed by atoms with Gasteiger partial charge in [0.25, 0.3) is 0 Å². The Morgan fingerprint density at radius 3 is 2.54 bits per heavy atom. The van der Waals surface area contributed by atoms with Gasteiger partial charge in [-0.05, 0) is 50.4 Å². The molecule has 2 fully saturated rings. The number of aryl methyl sites for hydroxylation is 1. The molecule has 26 heavy (non-hydrogen) atoms. The van der Waals surface area contributed by atoms with Crippen LogP contribution in [0.2, 0.25) is 0 Å². The minimum atomic E-state index is -3.59. The fraction of sp³-hybridized carbons (Fsp3) is 0.429. The third-order valence-electron chi connectivity index (χ3n) is 5.56. The van der Waals surface area contributed by atoms with Gasteiger partial charge in [-0.1, -0.05) is 48.0 Å². The first-order valence-corrected chi connectivity index (χ1v) is 10.5. The molecule has 0 unspecified atom stereocenters. The van der Waals surface area contributed by atoms with Crippen molar-refractivity contribution in [2.45, 2.75) is 36.7 Å². The highest BCUT2D eigenvalue weighted by Gasteiger charge is 2.65. The molecule has 0 spiro atoms. The molecule has 1 saturated heterocycles. The lowest BCUT2D eigenvalue weighted by atomic mass is 10.2. The van der Waals surface area contributed by atoms with Crippen molar-refractivity contribution >= 4 is 10.0 Å². The van der Waals surface area contributed by atoms with Gasteiger partial charge in [0.05, 0.1) is 10.4 Å². The third-order valence-corrected chi connectivity index (χ3v) is 7.53. The highest BCUT2D eigenvalue weighted by Crippen LogP contribution is 2.57. The molecule has 1 heterocycles. The van der Waals surface area contributed by atoms with Gasteiger partial charge in [-0.15, -0.1) is 0 Å². The van der Waals surface area contributed by atoms with E-state index in [2.05, 4.69) is 17.0 Å². The molecular weight excluding hydrogens is 344 g/mol. The van der Waals surface area contributed by atoms with Crippen LogP contribution in [0.1, 0.15) is 25.3 Å². The van der Waals surface area contributed by atoms with Crippen LogP contribution in [-0.4, -0.2) is 43.3 Å². The minimum Gasteiger partial charge on any atom is -0.300 e. The van der Waals surface area contributed by atoms with Gasteiger partial charge in [-0.25, -0.2) is 8.42 Å². The quantitative estimate of drug-likeness (QED) is 0.782. The largest absolute Gasteiger partial charge is 0.300 e. The van der Waals surface area contributed by atoms with E-state index in [0.717, 1.165) is 18.5 Å². The van der Waals surface area contributed by atoms with E-state index in [1.807, 2.05) is 44.3 Å². The molecule has 1 aliphatic heterocycles. The molecular formula is C21H26N2O2S. The minimum absolute atomic E-state index is 0.135. The number of hydrogen-bond donors (Lipinski definition) is 0. The van der Waals surface area contributed by atoms with Crippen molar-refractivity contribution in [2.75, 3.05) is 20.1 Å². The lowest BCUT2D eigenvalue weighted by Crippen LogP contribution is -2.46. The maximum absolute atomic E-state index is 13.3. The SMILES string of the molecule is [2H][C@H]1[C@@H]2CCN(S(=O)(=O)c3ccc(C)cc3)[C@]12CN(C)Cc1ccccc1. The van der Waals surface area contributed by atoms with Gasteiger partial charge in [0, 0.05) is 21.0 Å². The smallest absolute Gasteiger partial charge is 0.243 e. The van der Waals surface area contributed by atoms with Crippen molar-refractivity contribution in [3.05, 3.63) is 65.7 Å². The van der Waals surface area contributed by atoms with Gasteiger partial charge < -0.3 is 4.90 Å². The van der Waals surface area contributed by atoms with E-state index in [9.17, 15) is 8.42 Å². The van der Waals surface area contributed by atoms with Crippen LogP contribution in [0, 0.1) is 12.8 Å². The summed E-state index contributed by atoms with van der Waals surface area (Å²) in [5, 5.41) is 0. The maximum atomic E-state index is 13.3. The molecule has 2 aliphatic rings. The van der Waals surface area contributed by atoms with Crippen LogP contribution < -0.4 is 0 Å². The Balaban J connectivity index is 1.58. The highest BCUT2D eigenvalue weighted by molar-refractivity contribution is 7.89. The Bertz CT molecular complexity index is 917. The van der Waals surface area contributed by atoms with Crippen LogP contribution in [0.4, 0.5) is 0 Å². The first-order chi connectivity index (χ1) is 12.9. The number of nitrogens with zero attached hydrogens (tertiary/aromatic N) is 2. The van der Waals surface area contributed by atoms with Crippen LogP contribution in [-0.2, 0) is 16.6 Å². The third kappa shape index (κ3) is 3.08. The van der Waals surface area contributed by atoms with E-state index in [-0.39, 0.29) is 12.3 Å². The van der Waals surface area contributed by atoms with Gasteiger partial charge in [-0.3, -0.25) is 0 Å². The van der Waals surface area contributed by atoms with E-state index >= 15 is 0 Å². The molecule has 0 aromatic heterocycles. The molecule has 0 bridgehead atoms. The molecule has 4 rings (SSSR count). The first kappa shape index (κ1) is 16.5. The summed E-state index contributed by atoms with van der Waals surface area (Å²) in [6, 6.07) is 17.2. The fourth-order valence-electron chi connectivity index (χ4n) is 4.18. The summed E-state index contributed by atoms with van der Waals surface area (Å²) in [6.45, 7) is 3.80. The number of rotatable bonds is 6. The Morgan fingerprint density at radius 1 is 1.19 bits per heavy atom. The zero-order valence-corrected chi connectivity index (χ0v) is 16.1. The predicted octanol–water partition coefficient (Wildman–Crippen LogP) is 3.28. The Kier molecular flexibility index (Phi) is 4.11. The molecule has 4 nitrogen and oxygen atoms in total. The van der Waals surface area contributed by atoms with E-state index < -0.39 is 15.6 Å². The van der Waals surface area contributed by atoms with Crippen LogP contribution >= 0.6 is 0 Å². The van der Waals surface area contributed by atoms with Crippen molar-refractivity contribution in [3.63, 3.8) is 0 Å². The maximum Gasteiger partial charge on any atom is 0.243 e. The lowest BCUT2D eigenvalue weighted by molar-refractivity contribution is 0.222. The van der Waals surface area contributed by atoms with Gasteiger partial charge >= 0.3 is 0 Å². The van der Waals surface area contributed by atoms with Crippen molar-refractivity contribution in [3.8, 4) is 0 Å².